The molecule has 0 aliphatic carbocycles. The van der Waals surface area contributed by atoms with Gasteiger partial charge in [0.1, 0.15) is 5.69 Å². The number of carbonyl (C=O) groups is 2. The Hall–Kier alpha value is -2.15. The summed E-state index contributed by atoms with van der Waals surface area (Å²) in [6, 6.07) is 4.51. The summed E-state index contributed by atoms with van der Waals surface area (Å²) < 4.78 is 10.8. The van der Waals surface area contributed by atoms with E-state index in [4.69, 9.17) is 14.6 Å². The Morgan fingerprint density at radius 3 is 2.95 bits per heavy atom. The summed E-state index contributed by atoms with van der Waals surface area (Å²) in [6.07, 6.45) is -0.186. The molecule has 2 heterocycles. The van der Waals surface area contributed by atoms with Gasteiger partial charge in [0.15, 0.2) is 0 Å². The molecule has 0 unspecified atom stereocenters. The molecular formula is C15H20N2O5. The summed E-state index contributed by atoms with van der Waals surface area (Å²) >= 11 is 0. The minimum absolute atomic E-state index is 0.0407. The lowest BCUT2D eigenvalue weighted by Gasteiger charge is -2.34. The van der Waals surface area contributed by atoms with Gasteiger partial charge in [-0.2, -0.15) is 0 Å². The zero-order valence-electron chi connectivity index (χ0n) is 12.7. The van der Waals surface area contributed by atoms with Crippen molar-refractivity contribution in [2.75, 3.05) is 19.8 Å². The van der Waals surface area contributed by atoms with Crippen molar-refractivity contribution in [1.29, 1.82) is 0 Å². The van der Waals surface area contributed by atoms with E-state index in [-0.39, 0.29) is 30.7 Å². The van der Waals surface area contributed by atoms with E-state index in [0.29, 0.717) is 19.0 Å². The Bertz CT molecular complexity index is 546. The van der Waals surface area contributed by atoms with E-state index in [2.05, 4.69) is 4.98 Å². The number of hydrogen-bond donors (Lipinski definition) is 1. The quantitative estimate of drug-likeness (QED) is 0.879. The zero-order valence-corrected chi connectivity index (χ0v) is 12.7. The molecule has 22 heavy (non-hydrogen) atoms. The van der Waals surface area contributed by atoms with Gasteiger partial charge in [-0.25, -0.2) is 4.98 Å². The molecule has 7 heteroatoms. The van der Waals surface area contributed by atoms with Crippen LogP contribution in [0.25, 0.3) is 0 Å². The number of rotatable bonds is 5. The van der Waals surface area contributed by atoms with Gasteiger partial charge >= 0.3 is 5.97 Å². The smallest absolute Gasteiger partial charge is 0.305 e. The molecule has 1 N–H and O–H groups in total. The Morgan fingerprint density at radius 2 is 2.27 bits per heavy atom. The van der Waals surface area contributed by atoms with E-state index >= 15 is 0 Å². The SMILES string of the molecule is CC(C)Oc1cccc(C(=O)N2CCOC[C@@H]2CC(=O)O)n1. The molecule has 1 amide bonds. The van der Waals surface area contributed by atoms with Crippen LogP contribution in [0.5, 0.6) is 5.88 Å². The van der Waals surface area contributed by atoms with Crippen LogP contribution in [-0.4, -0.2) is 58.8 Å². The van der Waals surface area contributed by atoms with Gasteiger partial charge in [0.25, 0.3) is 5.91 Å². The Balaban J connectivity index is 2.16. The molecule has 0 aromatic carbocycles. The average molecular weight is 308 g/mol. The highest BCUT2D eigenvalue weighted by atomic mass is 16.5. The molecule has 7 nitrogen and oxygen atoms in total. The maximum Gasteiger partial charge on any atom is 0.305 e. The van der Waals surface area contributed by atoms with Gasteiger partial charge in [-0.3, -0.25) is 9.59 Å². The highest BCUT2D eigenvalue weighted by Crippen LogP contribution is 2.16. The van der Waals surface area contributed by atoms with Crippen molar-refractivity contribution in [3.8, 4) is 5.88 Å². The van der Waals surface area contributed by atoms with E-state index in [1.165, 1.54) is 4.90 Å². The molecule has 120 valence electrons. The standard InChI is InChI=1S/C15H20N2O5/c1-10(2)22-13-5-3-4-12(16-13)15(20)17-6-7-21-9-11(17)8-14(18)19/h3-5,10-11H,6-9H2,1-2H3,(H,18,19)/t11-/m0/s1. The van der Waals surface area contributed by atoms with E-state index < -0.39 is 12.0 Å². The average Bonchev–Trinajstić information content (AvgIpc) is 2.46. The molecular weight excluding hydrogens is 288 g/mol. The van der Waals surface area contributed by atoms with Gasteiger partial charge in [0, 0.05) is 12.6 Å². The normalized spacial score (nSPS) is 18.3. The minimum atomic E-state index is -0.960. The van der Waals surface area contributed by atoms with Crippen molar-refractivity contribution in [1.82, 2.24) is 9.88 Å². The third-order valence-corrected chi connectivity index (χ3v) is 3.20. The van der Waals surface area contributed by atoms with Gasteiger partial charge in [-0.15, -0.1) is 0 Å². The van der Waals surface area contributed by atoms with Crippen LogP contribution in [-0.2, 0) is 9.53 Å². The number of morpholine rings is 1. The summed E-state index contributed by atoms with van der Waals surface area (Å²) in [5.74, 6) is -0.884. The maximum absolute atomic E-state index is 12.6. The largest absolute Gasteiger partial charge is 0.481 e. The number of carbonyl (C=O) groups excluding carboxylic acids is 1. The molecule has 1 aliphatic heterocycles. The number of nitrogens with zero attached hydrogens (tertiary/aromatic N) is 2. The van der Waals surface area contributed by atoms with Crippen LogP contribution in [0.1, 0.15) is 30.8 Å². The zero-order chi connectivity index (χ0) is 16.1. The summed E-state index contributed by atoms with van der Waals surface area (Å²) in [5.41, 5.74) is 0.246. The molecule has 0 radical (unpaired) electrons. The van der Waals surface area contributed by atoms with Crippen LogP contribution < -0.4 is 4.74 Å². The third kappa shape index (κ3) is 4.17. The monoisotopic (exact) mass is 308 g/mol. The molecule has 1 aromatic rings. The van der Waals surface area contributed by atoms with Crippen LogP contribution in [0, 0.1) is 0 Å². The van der Waals surface area contributed by atoms with E-state index in [9.17, 15) is 9.59 Å². The first-order valence-electron chi connectivity index (χ1n) is 7.21. The highest BCUT2D eigenvalue weighted by molar-refractivity contribution is 5.93. The van der Waals surface area contributed by atoms with Crippen LogP contribution >= 0.6 is 0 Å². The van der Waals surface area contributed by atoms with Gasteiger partial charge in [-0.1, -0.05) is 6.07 Å². The van der Waals surface area contributed by atoms with Gasteiger partial charge < -0.3 is 19.5 Å². The van der Waals surface area contributed by atoms with Crippen LogP contribution in [0.4, 0.5) is 0 Å². The molecule has 1 aliphatic rings. The Labute approximate surface area is 128 Å². The molecule has 1 aromatic heterocycles. The van der Waals surface area contributed by atoms with Gasteiger partial charge in [-0.05, 0) is 19.9 Å². The van der Waals surface area contributed by atoms with E-state index in [1.807, 2.05) is 13.8 Å². The Morgan fingerprint density at radius 1 is 1.50 bits per heavy atom. The molecule has 2 rings (SSSR count). The second kappa shape index (κ2) is 7.22. The maximum atomic E-state index is 12.6. The fourth-order valence-electron chi connectivity index (χ4n) is 2.28. The third-order valence-electron chi connectivity index (χ3n) is 3.20. The fourth-order valence-corrected chi connectivity index (χ4v) is 2.28. The number of aliphatic carboxylic acids is 1. The summed E-state index contributed by atoms with van der Waals surface area (Å²) in [4.78, 5) is 29.2. The van der Waals surface area contributed by atoms with Crippen LogP contribution in [0.15, 0.2) is 18.2 Å². The first-order chi connectivity index (χ1) is 10.5. The predicted molar refractivity (Wildman–Crippen MR) is 77.9 cm³/mol. The van der Waals surface area contributed by atoms with Crippen molar-refractivity contribution in [2.24, 2.45) is 0 Å². The highest BCUT2D eigenvalue weighted by Gasteiger charge is 2.30. The van der Waals surface area contributed by atoms with Crippen molar-refractivity contribution in [3.63, 3.8) is 0 Å². The number of hydrogen-bond acceptors (Lipinski definition) is 5. The van der Waals surface area contributed by atoms with Crippen molar-refractivity contribution in [2.45, 2.75) is 32.4 Å². The van der Waals surface area contributed by atoms with E-state index in [0.717, 1.165) is 0 Å². The molecule has 0 bridgehead atoms. The van der Waals surface area contributed by atoms with E-state index in [1.54, 1.807) is 18.2 Å². The second-order valence-corrected chi connectivity index (χ2v) is 5.35. The van der Waals surface area contributed by atoms with Gasteiger partial charge in [0.05, 0.1) is 31.8 Å². The number of carboxylic acids is 1. The lowest BCUT2D eigenvalue weighted by molar-refractivity contribution is -0.139. The van der Waals surface area contributed by atoms with Crippen molar-refractivity contribution >= 4 is 11.9 Å². The predicted octanol–water partition coefficient (Wildman–Crippen LogP) is 1.18. The van der Waals surface area contributed by atoms with Crippen molar-refractivity contribution < 1.29 is 24.2 Å². The summed E-state index contributed by atoms with van der Waals surface area (Å²) in [5, 5.41) is 8.95. The van der Waals surface area contributed by atoms with Crippen LogP contribution in [0.2, 0.25) is 0 Å². The first-order valence-corrected chi connectivity index (χ1v) is 7.21. The molecule has 1 fully saturated rings. The number of ether oxygens (including phenoxy) is 2. The number of pyridine rings is 1. The topological polar surface area (TPSA) is 89.0 Å². The first kappa shape index (κ1) is 16.2. The van der Waals surface area contributed by atoms with Gasteiger partial charge in [0.2, 0.25) is 5.88 Å². The number of amides is 1. The Kier molecular flexibility index (Phi) is 5.32. The molecule has 0 saturated carbocycles. The summed E-state index contributed by atoms with van der Waals surface area (Å²) in [6.45, 7) is 4.72. The minimum Gasteiger partial charge on any atom is -0.481 e. The number of aromatic nitrogens is 1. The second-order valence-electron chi connectivity index (χ2n) is 5.35. The molecule has 1 saturated heterocycles. The summed E-state index contributed by atoms with van der Waals surface area (Å²) in [7, 11) is 0. The lowest BCUT2D eigenvalue weighted by Crippen LogP contribution is -2.49. The molecule has 0 spiro atoms. The number of carboxylic acid groups (broad SMARTS) is 1. The van der Waals surface area contributed by atoms with Crippen molar-refractivity contribution in [3.05, 3.63) is 23.9 Å². The fraction of sp³-hybridized carbons (Fsp3) is 0.533. The van der Waals surface area contributed by atoms with Crippen LogP contribution in [0.3, 0.4) is 0 Å². The lowest BCUT2D eigenvalue weighted by atomic mass is 10.1. The molecule has 1 atom stereocenters.